The minimum absolute atomic E-state index is 0.0117. The predicted molar refractivity (Wildman–Crippen MR) is 92.1 cm³/mol. The van der Waals surface area contributed by atoms with E-state index in [2.05, 4.69) is 10.1 Å². The lowest BCUT2D eigenvalue weighted by Gasteiger charge is -2.34. The van der Waals surface area contributed by atoms with E-state index in [0.717, 1.165) is 36.5 Å². The van der Waals surface area contributed by atoms with E-state index in [-0.39, 0.29) is 24.3 Å². The normalized spacial score (nSPS) is 18.0. The number of ketones is 1. The van der Waals surface area contributed by atoms with Crippen molar-refractivity contribution in [3.8, 4) is 0 Å². The second kappa shape index (κ2) is 6.84. The molecule has 0 aromatic carbocycles. The third-order valence-corrected chi connectivity index (χ3v) is 5.45. The van der Waals surface area contributed by atoms with Crippen molar-refractivity contribution in [2.75, 3.05) is 6.54 Å². The lowest BCUT2D eigenvalue weighted by molar-refractivity contribution is -0.136. The highest BCUT2D eigenvalue weighted by molar-refractivity contribution is 7.09. The third-order valence-electron chi connectivity index (χ3n) is 4.58. The van der Waals surface area contributed by atoms with Crippen LogP contribution in [0.25, 0.3) is 0 Å². The van der Waals surface area contributed by atoms with Gasteiger partial charge in [-0.25, -0.2) is 4.98 Å². The van der Waals surface area contributed by atoms with Gasteiger partial charge in [0.05, 0.1) is 17.3 Å². The van der Waals surface area contributed by atoms with Crippen LogP contribution in [0, 0.1) is 13.8 Å². The summed E-state index contributed by atoms with van der Waals surface area (Å²) in [5.41, 5.74) is 2.07. The molecule has 3 rings (SSSR count). The van der Waals surface area contributed by atoms with Gasteiger partial charge in [-0.15, -0.1) is 11.3 Å². The van der Waals surface area contributed by atoms with Crippen molar-refractivity contribution in [2.45, 2.75) is 52.6 Å². The number of rotatable bonds is 4. The summed E-state index contributed by atoms with van der Waals surface area (Å²) in [5, 5.41) is 7.34. The average Bonchev–Trinajstić information content (AvgIpc) is 3.16. The van der Waals surface area contributed by atoms with Crippen molar-refractivity contribution in [3.63, 3.8) is 0 Å². The molecule has 7 heteroatoms. The van der Waals surface area contributed by atoms with Gasteiger partial charge in [-0.1, -0.05) is 0 Å². The van der Waals surface area contributed by atoms with Crippen LogP contribution in [0.5, 0.6) is 0 Å². The summed E-state index contributed by atoms with van der Waals surface area (Å²) < 4.78 is 1.65. The highest BCUT2D eigenvalue weighted by atomic mass is 32.1. The Labute approximate surface area is 145 Å². The molecule has 3 heterocycles. The molecular formula is C17H22N4O2S. The average molecular weight is 346 g/mol. The number of hydrogen-bond acceptors (Lipinski definition) is 5. The number of Topliss-reactive ketones (excluding diaryl/α,β-unsaturated/α-hetero) is 1. The first-order valence-electron chi connectivity index (χ1n) is 8.23. The Bertz CT molecular complexity index is 751. The van der Waals surface area contributed by atoms with Gasteiger partial charge < -0.3 is 4.90 Å². The van der Waals surface area contributed by atoms with Gasteiger partial charge in [-0.2, -0.15) is 5.10 Å². The smallest absolute Gasteiger partial charge is 0.244 e. The van der Waals surface area contributed by atoms with E-state index in [4.69, 9.17) is 0 Å². The van der Waals surface area contributed by atoms with Crippen LogP contribution in [-0.4, -0.2) is 37.9 Å². The maximum atomic E-state index is 12.9. The van der Waals surface area contributed by atoms with Crippen molar-refractivity contribution in [1.29, 1.82) is 0 Å². The number of nitrogens with zero attached hydrogens (tertiary/aromatic N) is 4. The van der Waals surface area contributed by atoms with Crippen molar-refractivity contribution < 1.29 is 9.59 Å². The van der Waals surface area contributed by atoms with Crippen LogP contribution in [0.3, 0.4) is 0 Å². The van der Waals surface area contributed by atoms with Crippen molar-refractivity contribution in [1.82, 2.24) is 19.7 Å². The van der Waals surface area contributed by atoms with Gasteiger partial charge in [0.15, 0.2) is 5.78 Å². The summed E-state index contributed by atoms with van der Waals surface area (Å²) >= 11 is 1.60. The minimum atomic E-state index is -0.0117. The second-order valence-electron chi connectivity index (χ2n) is 6.23. The number of hydrogen-bond donors (Lipinski definition) is 0. The monoisotopic (exact) mass is 346 g/mol. The number of aromatic nitrogens is 3. The SMILES string of the molecule is CC(=O)c1c(C)nn(CC(=O)N2CCCCC2c2nccs2)c1C. The second-order valence-corrected chi connectivity index (χ2v) is 7.15. The molecule has 128 valence electrons. The molecule has 0 radical (unpaired) electrons. The number of carbonyl (C=O) groups is 2. The fourth-order valence-corrected chi connectivity index (χ4v) is 4.25. The molecule has 1 saturated heterocycles. The Morgan fingerprint density at radius 3 is 2.75 bits per heavy atom. The number of amides is 1. The molecule has 1 aliphatic heterocycles. The molecule has 2 aromatic heterocycles. The van der Waals surface area contributed by atoms with Crippen LogP contribution in [0.1, 0.15) is 59.0 Å². The van der Waals surface area contributed by atoms with E-state index in [9.17, 15) is 9.59 Å². The number of aryl methyl sites for hydroxylation is 1. The molecule has 1 fully saturated rings. The van der Waals surface area contributed by atoms with Gasteiger partial charge in [0.1, 0.15) is 11.6 Å². The van der Waals surface area contributed by atoms with Crippen LogP contribution >= 0.6 is 11.3 Å². The molecule has 0 aliphatic carbocycles. The molecule has 6 nitrogen and oxygen atoms in total. The molecule has 24 heavy (non-hydrogen) atoms. The standard InChI is InChI=1S/C17H22N4O2S/c1-11-16(13(3)22)12(2)21(19-11)10-15(23)20-8-5-4-6-14(20)17-18-7-9-24-17/h7,9,14H,4-6,8,10H2,1-3H3. The lowest BCUT2D eigenvalue weighted by atomic mass is 10.0. The lowest BCUT2D eigenvalue weighted by Crippen LogP contribution is -2.40. The number of thiazole rings is 1. The van der Waals surface area contributed by atoms with Crippen molar-refractivity contribution >= 4 is 23.0 Å². The zero-order chi connectivity index (χ0) is 17.3. The molecule has 0 spiro atoms. The summed E-state index contributed by atoms with van der Waals surface area (Å²) in [5.74, 6) is 0.0259. The Morgan fingerprint density at radius 2 is 2.12 bits per heavy atom. The molecule has 1 atom stereocenters. The van der Waals surface area contributed by atoms with E-state index >= 15 is 0 Å². The first kappa shape index (κ1) is 16.8. The number of carbonyl (C=O) groups excluding carboxylic acids is 2. The van der Waals surface area contributed by atoms with Gasteiger partial charge in [-0.05, 0) is 40.0 Å². The van der Waals surface area contributed by atoms with Gasteiger partial charge in [-0.3, -0.25) is 14.3 Å². The van der Waals surface area contributed by atoms with Gasteiger partial charge in [0.2, 0.25) is 5.91 Å². The largest absolute Gasteiger partial charge is 0.332 e. The molecule has 0 N–H and O–H groups in total. The quantitative estimate of drug-likeness (QED) is 0.798. The van der Waals surface area contributed by atoms with Crippen LogP contribution in [-0.2, 0) is 11.3 Å². The van der Waals surface area contributed by atoms with E-state index in [1.54, 1.807) is 22.2 Å². The Morgan fingerprint density at radius 1 is 1.33 bits per heavy atom. The molecule has 1 amide bonds. The maximum absolute atomic E-state index is 12.9. The molecule has 0 bridgehead atoms. The minimum Gasteiger partial charge on any atom is -0.332 e. The Balaban J connectivity index is 1.81. The van der Waals surface area contributed by atoms with Gasteiger partial charge in [0, 0.05) is 23.8 Å². The van der Waals surface area contributed by atoms with E-state index in [1.807, 2.05) is 24.1 Å². The first-order valence-corrected chi connectivity index (χ1v) is 9.10. The van der Waals surface area contributed by atoms with E-state index in [1.165, 1.54) is 6.92 Å². The van der Waals surface area contributed by atoms with Crippen molar-refractivity contribution in [2.24, 2.45) is 0 Å². The van der Waals surface area contributed by atoms with Crippen LogP contribution in [0.2, 0.25) is 0 Å². The van der Waals surface area contributed by atoms with Gasteiger partial charge in [0.25, 0.3) is 0 Å². The Kier molecular flexibility index (Phi) is 4.80. The summed E-state index contributed by atoms with van der Waals surface area (Å²) in [6, 6.07) is 0.0653. The summed E-state index contributed by atoms with van der Waals surface area (Å²) in [7, 11) is 0. The highest BCUT2D eigenvalue weighted by Crippen LogP contribution is 2.32. The summed E-state index contributed by atoms with van der Waals surface area (Å²) in [6.45, 7) is 6.11. The molecule has 0 saturated carbocycles. The first-order chi connectivity index (χ1) is 11.5. The molecular weight excluding hydrogens is 324 g/mol. The number of likely N-dealkylation sites (tertiary alicyclic amines) is 1. The van der Waals surface area contributed by atoms with Crippen LogP contribution < -0.4 is 0 Å². The molecule has 2 aromatic rings. The highest BCUT2D eigenvalue weighted by Gasteiger charge is 2.30. The van der Waals surface area contributed by atoms with Crippen LogP contribution in [0.15, 0.2) is 11.6 Å². The summed E-state index contributed by atoms with van der Waals surface area (Å²) in [6.07, 6.45) is 4.87. The van der Waals surface area contributed by atoms with E-state index < -0.39 is 0 Å². The van der Waals surface area contributed by atoms with E-state index in [0.29, 0.717) is 11.3 Å². The fourth-order valence-electron chi connectivity index (χ4n) is 3.47. The van der Waals surface area contributed by atoms with Crippen molar-refractivity contribution in [3.05, 3.63) is 33.5 Å². The van der Waals surface area contributed by atoms with Crippen LogP contribution in [0.4, 0.5) is 0 Å². The molecule has 1 aliphatic rings. The fraction of sp³-hybridized carbons (Fsp3) is 0.529. The topological polar surface area (TPSA) is 68.1 Å². The predicted octanol–water partition coefficient (Wildman–Crippen LogP) is 2.91. The zero-order valence-electron chi connectivity index (χ0n) is 14.3. The summed E-state index contributed by atoms with van der Waals surface area (Å²) in [4.78, 5) is 30.9. The maximum Gasteiger partial charge on any atom is 0.244 e. The van der Waals surface area contributed by atoms with Gasteiger partial charge >= 0.3 is 0 Å². The third kappa shape index (κ3) is 3.13. The Hall–Kier alpha value is -2.02. The zero-order valence-corrected chi connectivity index (χ0v) is 15.1. The number of piperidine rings is 1. The molecule has 1 unspecified atom stereocenters.